The number of aromatic nitrogens is 1. The number of rotatable bonds is 4. The molecule has 0 fully saturated rings. The van der Waals surface area contributed by atoms with Gasteiger partial charge in [0.1, 0.15) is 5.75 Å². The second kappa shape index (κ2) is 6.27. The first-order chi connectivity index (χ1) is 10.3. The zero-order chi connectivity index (χ0) is 14.7. The molecule has 1 aromatic heterocycles. The summed E-state index contributed by atoms with van der Waals surface area (Å²) in [6.07, 6.45) is 5.53. The van der Waals surface area contributed by atoms with Crippen LogP contribution in [0.2, 0.25) is 0 Å². The molecule has 1 aliphatic rings. The Hall–Kier alpha value is -1.87. The van der Waals surface area contributed by atoms with Crippen LogP contribution < -0.4 is 10.1 Å². The first-order valence-corrected chi connectivity index (χ1v) is 7.58. The Morgan fingerprint density at radius 3 is 2.95 bits per heavy atom. The number of nitrogens with zero attached hydrogens (tertiary/aromatic N) is 1. The lowest BCUT2D eigenvalue weighted by atomic mass is 9.87. The summed E-state index contributed by atoms with van der Waals surface area (Å²) in [5.74, 6) is 0.956. The molecule has 3 heteroatoms. The van der Waals surface area contributed by atoms with E-state index in [0.29, 0.717) is 6.04 Å². The molecule has 3 rings (SSSR count). The van der Waals surface area contributed by atoms with Crippen molar-refractivity contribution in [3.05, 3.63) is 58.9 Å². The van der Waals surface area contributed by atoms with Crippen LogP contribution in [0.3, 0.4) is 0 Å². The molecule has 1 aromatic carbocycles. The number of aryl methyl sites for hydroxylation is 2. The Kier molecular flexibility index (Phi) is 4.20. The van der Waals surface area contributed by atoms with Crippen molar-refractivity contribution in [2.24, 2.45) is 0 Å². The SMILES string of the molecule is COc1ccc2c(c1)CCCC2NCc1ccc(C)nc1. The van der Waals surface area contributed by atoms with Gasteiger partial charge in [-0.25, -0.2) is 0 Å². The fraction of sp³-hybridized carbons (Fsp3) is 0.389. The van der Waals surface area contributed by atoms with Crippen molar-refractivity contribution in [3.63, 3.8) is 0 Å². The minimum Gasteiger partial charge on any atom is -0.497 e. The van der Waals surface area contributed by atoms with Crippen LogP contribution in [-0.2, 0) is 13.0 Å². The molecule has 0 spiro atoms. The highest BCUT2D eigenvalue weighted by Crippen LogP contribution is 2.32. The monoisotopic (exact) mass is 282 g/mol. The van der Waals surface area contributed by atoms with E-state index in [4.69, 9.17) is 4.74 Å². The fourth-order valence-corrected chi connectivity index (χ4v) is 2.97. The van der Waals surface area contributed by atoms with Gasteiger partial charge in [-0.1, -0.05) is 12.1 Å². The lowest BCUT2D eigenvalue weighted by molar-refractivity contribution is 0.410. The van der Waals surface area contributed by atoms with E-state index in [-0.39, 0.29) is 0 Å². The Bertz CT molecular complexity index is 607. The summed E-state index contributed by atoms with van der Waals surface area (Å²) >= 11 is 0. The summed E-state index contributed by atoms with van der Waals surface area (Å²) < 4.78 is 5.33. The second-order valence-corrected chi connectivity index (χ2v) is 5.70. The van der Waals surface area contributed by atoms with E-state index in [0.717, 1.165) is 24.4 Å². The van der Waals surface area contributed by atoms with E-state index in [1.807, 2.05) is 13.1 Å². The molecule has 21 heavy (non-hydrogen) atoms. The van der Waals surface area contributed by atoms with Crippen LogP contribution in [0.1, 0.15) is 41.3 Å². The van der Waals surface area contributed by atoms with Crippen molar-refractivity contribution in [1.29, 1.82) is 0 Å². The number of fused-ring (bicyclic) bond motifs is 1. The quantitative estimate of drug-likeness (QED) is 0.931. The molecule has 1 heterocycles. The van der Waals surface area contributed by atoms with Gasteiger partial charge in [-0.3, -0.25) is 4.98 Å². The maximum atomic E-state index is 5.33. The third-order valence-corrected chi connectivity index (χ3v) is 4.19. The zero-order valence-electron chi connectivity index (χ0n) is 12.7. The molecule has 0 bridgehead atoms. The van der Waals surface area contributed by atoms with Gasteiger partial charge in [-0.15, -0.1) is 0 Å². The predicted octanol–water partition coefficient (Wildman–Crippen LogP) is 3.57. The summed E-state index contributed by atoms with van der Waals surface area (Å²) in [6.45, 7) is 2.88. The molecule has 1 N–H and O–H groups in total. The van der Waals surface area contributed by atoms with Crippen molar-refractivity contribution in [1.82, 2.24) is 10.3 Å². The Morgan fingerprint density at radius 2 is 2.19 bits per heavy atom. The summed E-state index contributed by atoms with van der Waals surface area (Å²) in [7, 11) is 1.73. The summed E-state index contributed by atoms with van der Waals surface area (Å²) in [4.78, 5) is 4.35. The van der Waals surface area contributed by atoms with Crippen molar-refractivity contribution in [2.75, 3.05) is 7.11 Å². The first-order valence-electron chi connectivity index (χ1n) is 7.58. The number of pyridine rings is 1. The molecule has 0 radical (unpaired) electrons. The molecular weight excluding hydrogens is 260 g/mol. The van der Waals surface area contributed by atoms with Gasteiger partial charge in [0.25, 0.3) is 0 Å². The topological polar surface area (TPSA) is 34.1 Å². The van der Waals surface area contributed by atoms with Crippen LogP contribution >= 0.6 is 0 Å². The number of hydrogen-bond acceptors (Lipinski definition) is 3. The third kappa shape index (κ3) is 3.24. The van der Waals surface area contributed by atoms with E-state index >= 15 is 0 Å². The van der Waals surface area contributed by atoms with Gasteiger partial charge in [-0.2, -0.15) is 0 Å². The normalized spacial score (nSPS) is 17.3. The van der Waals surface area contributed by atoms with E-state index < -0.39 is 0 Å². The largest absolute Gasteiger partial charge is 0.497 e. The highest BCUT2D eigenvalue weighted by molar-refractivity contribution is 5.39. The minimum atomic E-state index is 0.431. The maximum absolute atomic E-state index is 5.33. The van der Waals surface area contributed by atoms with Crippen LogP contribution in [-0.4, -0.2) is 12.1 Å². The van der Waals surface area contributed by atoms with E-state index in [2.05, 4.69) is 40.6 Å². The van der Waals surface area contributed by atoms with Crippen molar-refractivity contribution < 1.29 is 4.74 Å². The Labute approximate surface area is 126 Å². The molecule has 0 amide bonds. The second-order valence-electron chi connectivity index (χ2n) is 5.70. The van der Waals surface area contributed by atoms with Gasteiger partial charge >= 0.3 is 0 Å². The molecule has 110 valence electrons. The van der Waals surface area contributed by atoms with Crippen LogP contribution in [0, 0.1) is 6.92 Å². The van der Waals surface area contributed by atoms with Gasteiger partial charge in [0, 0.05) is 24.5 Å². The van der Waals surface area contributed by atoms with E-state index in [1.54, 1.807) is 7.11 Å². The number of nitrogens with one attached hydrogen (secondary N) is 1. The molecule has 0 saturated heterocycles. The number of hydrogen-bond donors (Lipinski definition) is 1. The van der Waals surface area contributed by atoms with Crippen LogP contribution in [0.5, 0.6) is 5.75 Å². The Morgan fingerprint density at radius 1 is 1.29 bits per heavy atom. The highest BCUT2D eigenvalue weighted by atomic mass is 16.5. The first kappa shape index (κ1) is 14.1. The van der Waals surface area contributed by atoms with E-state index in [9.17, 15) is 0 Å². The van der Waals surface area contributed by atoms with Crippen LogP contribution in [0.4, 0.5) is 0 Å². The molecular formula is C18H22N2O. The van der Waals surface area contributed by atoms with Gasteiger partial charge in [0.15, 0.2) is 0 Å². The molecule has 0 saturated carbocycles. The summed E-state index contributed by atoms with van der Waals surface area (Å²) in [5.41, 5.74) is 5.14. The van der Waals surface area contributed by atoms with Crippen molar-refractivity contribution >= 4 is 0 Å². The molecule has 1 unspecified atom stereocenters. The smallest absolute Gasteiger partial charge is 0.119 e. The number of ether oxygens (including phenoxy) is 1. The van der Waals surface area contributed by atoms with Gasteiger partial charge in [0.2, 0.25) is 0 Å². The average molecular weight is 282 g/mol. The van der Waals surface area contributed by atoms with Gasteiger partial charge < -0.3 is 10.1 Å². The minimum absolute atomic E-state index is 0.431. The standard InChI is InChI=1S/C18H22N2O/c1-13-6-7-14(11-19-13)12-20-18-5-3-4-15-10-16(21-2)8-9-17(15)18/h6-11,18,20H,3-5,12H2,1-2H3. The molecule has 1 aliphatic carbocycles. The molecule has 1 atom stereocenters. The van der Waals surface area contributed by atoms with Crippen LogP contribution in [0.15, 0.2) is 36.5 Å². The number of benzene rings is 1. The fourth-order valence-electron chi connectivity index (χ4n) is 2.97. The van der Waals surface area contributed by atoms with E-state index in [1.165, 1.54) is 29.5 Å². The number of methoxy groups -OCH3 is 1. The Balaban J connectivity index is 1.71. The predicted molar refractivity (Wildman–Crippen MR) is 84.5 cm³/mol. The summed E-state index contributed by atoms with van der Waals surface area (Å²) in [6, 6.07) is 11.1. The molecule has 0 aliphatic heterocycles. The molecule has 2 aromatic rings. The highest BCUT2D eigenvalue weighted by Gasteiger charge is 2.20. The summed E-state index contributed by atoms with van der Waals surface area (Å²) in [5, 5.41) is 3.67. The average Bonchev–Trinajstić information content (AvgIpc) is 2.53. The van der Waals surface area contributed by atoms with Gasteiger partial charge in [0.05, 0.1) is 7.11 Å². The van der Waals surface area contributed by atoms with Crippen molar-refractivity contribution in [3.8, 4) is 5.75 Å². The van der Waals surface area contributed by atoms with Crippen molar-refractivity contribution in [2.45, 2.75) is 38.8 Å². The third-order valence-electron chi connectivity index (χ3n) is 4.19. The van der Waals surface area contributed by atoms with Gasteiger partial charge in [-0.05, 0) is 61.1 Å². The lowest BCUT2D eigenvalue weighted by Crippen LogP contribution is -2.25. The molecule has 3 nitrogen and oxygen atoms in total. The van der Waals surface area contributed by atoms with Crippen LogP contribution in [0.25, 0.3) is 0 Å². The lowest BCUT2D eigenvalue weighted by Gasteiger charge is -2.27. The zero-order valence-corrected chi connectivity index (χ0v) is 12.7. The maximum Gasteiger partial charge on any atom is 0.119 e.